The van der Waals surface area contributed by atoms with Gasteiger partial charge in [-0.1, -0.05) is 30.3 Å². The first-order valence-corrected chi connectivity index (χ1v) is 12.6. The lowest BCUT2D eigenvalue weighted by Crippen LogP contribution is -2.56. The first-order chi connectivity index (χ1) is 17.0. The molecule has 3 fully saturated rings. The topological polar surface area (TPSA) is 63.6 Å². The molecule has 2 N–H and O–H groups in total. The van der Waals surface area contributed by atoms with Crippen LogP contribution in [0.25, 0.3) is 11.3 Å². The Morgan fingerprint density at radius 1 is 1.09 bits per heavy atom. The Bertz CT molecular complexity index is 1160. The minimum absolute atomic E-state index is 0.478. The molecule has 6 rings (SSSR count). The molecule has 35 heavy (non-hydrogen) atoms. The highest BCUT2D eigenvalue weighted by atomic mass is 32.1. The van der Waals surface area contributed by atoms with Crippen molar-refractivity contribution in [2.45, 2.75) is 24.8 Å². The molecule has 1 unspecified atom stereocenters. The second kappa shape index (κ2) is 10.3. The smallest absolute Gasteiger partial charge is 0.170 e. The molecule has 2 aromatic carbocycles. The summed E-state index contributed by atoms with van der Waals surface area (Å²) in [7, 11) is 5.36. The largest absolute Gasteiger partial charge is 0.497 e. The van der Waals surface area contributed by atoms with E-state index in [2.05, 4.69) is 57.6 Å². The second-order valence-electron chi connectivity index (χ2n) is 9.42. The van der Waals surface area contributed by atoms with E-state index in [1.165, 1.54) is 24.1 Å². The van der Waals surface area contributed by atoms with Crippen molar-refractivity contribution in [3.8, 4) is 22.8 Å². The number of aryl methyl sites for hydroxylation is 1. The summed E-state index contributed by atoms with van der Waals surface area (Å²) < 4.78 is 12.8. The van der Waals surface area contributed by atoms with Gasteiger partial charge in [0.1, 0.15) is 11.5 Å². The van der Waals surface area contributed by atoms with E-state index in [0.29, 0.717) is 23.0 Å². The molecular weight excluding hydrogens is 458 g/mol. The Hall–Kier alpha value is -3.10. The third-order valence-electron chi connectivity index (χ3n) is 7.35. The minimum atomic E-state index is 0.478. The maximum Gasteiger partial charge on any atom is 0.170 e. The van der Waals surface area contributed by atoms with Gasteiger partial charge in [-0.15, -0.1) is 0 Å². The van der Waals surface area contributed by atoms with E-state index in [9.17, 15) is 0 Å². The fourth-order valence-electron chi connectivity index (χ4n) is 5.53. The maximum atomic E-state index is 5.58. The molecule has 0 spiro atoms. The summed E-state index contributed by atoms with van der Waals surface area (Å²) in [5.74, 6) is 2.63. The molecule has 4 heterocycles. The van der Waals surface area contributed by atoms with Gasteiger partial charge < -0.3 is 20.1 Å². The van der Waals surface area contributed by atoms with Crippen molar-refractivity contribution in [1.82, 2.24) is 20.0 Å². The Morgan fingerprint density at radius 2 is 1.83 bits per heavy atom. The van der Waals surface area contributed by atoms with E-state index in [1.54, 1.807) is 14.2 Å². The number of rotatable bonds is 7. The predicted molar refractivity (Wildman–Crippen MR) is 143 cm³/mol. The highest BCUT2D eigenvalue weighted by Gasteiger charge is 2.41. The van der Waals surface area contributed by atoms with Crippen LogP contribution in [0.15, 0.2) is 54.6 Å². The van der Waals surface area contributed by atoms with Crippen molar-refractivity contribution in [2.75, 3.05) is 39.2 Å². The zero-order valence-electron chi connectivity index (χ0n) is 20.5. The number of hydrogen-bond acceptors (Lipinski definition) is 5. The molecule has 3 aliphatic heterocycles. The standard InChI is InChI=1S/C27H33N5O2S/c1-31-26(15-25(30-31)18-7-5-4-6-8-18)24-17-32-10-9-19(24)11-21(32)16-28-27(35)29-20-12-22(33-2)14-23(13-20)34-3/h4-8,12-15,19,21,24H,9-11,16-17H2,1-3H3,(H2,28,29,35)/t19-,21+,24-/m0/s1. The molecule has 184 valence electrons. The second-order valence-corrected chi connectivity index (χ2v) is 9.83. The number of anilines is 1. The van der Waals surface area contributed by atoms with Crippen LogP contribution >= 0.6 is 12.2 Å². The number of nitrogens with zero attached hydrogens (tertiary/aromatic N) is 3. The lowest BCUT2D eigenvalue weighted by Gasteiger charge is -2.50. The highest BCUT2D eigenvalue weighted by molar-refractivity contribution is 7.80. The summed E-state index contributed by atoms with van der Waals surface area (Å²) in [6.45, 7) is 3.04. The third kappa shape index (κ3) is 5.13. The molecule has 4 atom stereocenters. The van der Waals surface area contributed by atoms with Crippen molar-refractivity contribution < 1.29 is 9.47 Å². The van der Waals surface area contributed by atoms with Crippen LogP contribution in [-0.2, 0) is 7.05 Å². The molecule has 3 aromatic rings. The van der Waals surface area contributed by atoms with Gasteiger partial charge in [0.05, 0.1) is 19.9 Å². The Labute approximate surface area is 212 Å². The van der Waals surface area contributed by atoms with Crippen molar-refractivity contribution >= 4 is 23.0 Å². The Balaban J connectivity index is 1.19. The van der Waals surface area contributed by atoms with Gasteiger partial charge in [0, 0.05) is 67.2 Å². The number of methoxy groups -OCH3 is 2. The fourth-order valence-corrected chi connectivity index (χ4v) is 5.73. The summed E-state index contributed by atoms with van der Waals surface area (Å²) in [6.07, 6.45) is 2.40. The Kier molecular flexibility index (Phi) is 6.92. The average Bonchev–Trinajstić information content (AvgIpc) is 3.29. The van der Waals surface area contributed by atoms with E-state index in [4.69, 9.17) is 26.8 Å². The van der Waals surface area contributed by atoms with Crippen LogP contribution in [0.3, 0.4) is 0 Å². The van der Waals surface area contributed by atoms with Crippen LogP contribution < -0.4 is 20.1 Å². The van der Waals surface area contributed by atoms with Crippen molar-refractivity contribution in [2.24, 2.45) is 13.0 Å². The number of piperidine rings is 3. The molecule has 3 saturated heterocycles. The van der Waals surface area contributed by atoms with Gasteiger partial charge in [-0.05, 0) is 43.6 Å². The molecule has 2 bridgehead atoms. The highest BCUT2D eigenvalue weighted by Crippen LogP contribution is 2.42. The Morgan fingerprint density at radius 3 is 2.49 bits per heavy atom. The number of ether oxygens (including phenoxy) is 2. The predicted octanol–water partition coefficient (Wildman–Crippen LogP) is 4.27. The van der Waals surface area contributed by atoms with Crippen molar-refractivity contribution in [3.05, 3.63) is 60.3 Å². The van der Waals surface area contributed by atoms with Crippen LogP contribution in [0.2, 0.25) is 0 Å². The van der Waals surface area contributed by atoms with Crippen molar-refractivity contribution in [1.29, 1.82) is 0 Å². The van der Waals surface area contributed by atoms with E-state index >= 15 is 0 Å². The lowest BCUT2D eigenvalue weighted by atomic mass is 9.74. The third-order valence-corrected chi connectivity index (χ3v) is 7.60. The summed E-state index contributed by atoms with van der Waals surface area (Å²) in [6, 6.07) is 18.9. The van der Waals surface area contributed by atoms with Crippen LogP contribution in [0, 0.1) is 5.92 Å². The fraction of sp³-hybridized carbons (Fsp3) is 0.407. The van der Waals surface area contributed by atoms with Crippen molar-refractivity contribution in [3.63, 3.8) is 0 Å². The quantitative estimate of drug-likeness (QED) is 0.479. The normalized spacial score (nSPS) is 23.1. The SMILES string of the molecule is COc1cc(NC(=S)NC[C@H]2C[C@@H]3CCN2C[C@@H]3c2cc(-c3ccccc3)nn2C)cc(OC)c1. The number of hydrogen-bond donors (Lipinski definition) is 2. The van der Waals surface area contributed by atoms with Gasteiger partial charge in [-0.2, -0.15) is 5.10 Å². The average molecular weight is 492 g/mol. The minimum Gasteiger partial charge on any atom is -0.497 e. The zero-order chi connectivity index (χ0) is 24.4. The van der Waals surface area contributed by atoms with Gasteiger partial charge in [0.25, 0.3) is 0 Å². The van der Waals surface area contributed by atoms with Gasteiger partial charge in [0.15, 0.2) is 5.11 Å². The number of benzene rings is 2. The van der Waals surface area contributed by atoms with Gasteiger partial charge in [-0.3, -0.25) is 9.58 Å². The summed E-state index contributed by atoms with van der Waals surface area (Å²) in [5.41, 5.74) is 4.42. The first-order valence-electron chi connectivity index (χ1n) is 12.2. The molecule has 0 amide bonds. The molecule has 1 aromatic heterocycles. The van der Waals surface area contributed by atoms with Crippen LogP contribution in [0.1, 0.15) is 24.5 Å². The monoisotopic (exact) mass is 491 g/mol. The molecular formula is C27H33N5O2S. The summed E-state index contributed by atoms with van der Waals surface area (Å²) >= 11 is 5.58. The van der Waals surface area contributed by atoms with E-state index < -0.39 is 0 Å². The molecule has 7 nitrogen and oxygen atoms in total. The summed E-state index contributed by atoms with van der Waals surface area (Å²) in [4.78, 5) is 2.62. The number of aromatic nitrogens is 2. The van der Waals surface area contributed by atoms with Crippen LogP contribution in [0.5, 0.6) is 11.5 Å². The molecule has 8 heteroatoms. The molecule has 0 saturated carbocycles. The van der Waals surface area contributed by atoms with Crippen LogP contribution in [-0.4, -0.2) is 59.7 Å². The number of nitrogens with one attached hydrogen (secondary N) is 2. The van der Waals surface area contributed by atoms with E-state index in [1.807, 2.05) is 24.3 Å². The first kappa shape index (κ1) is 23.6. The molecule has 0 aliphatic carbocycles. The molecule has 0 radical (unpaired) electrons. The van der Waals surface area contributed by atoms with Crippen LogP contribution in [0.4, 0.5) is 5.69 Å². The number of fused-ring (bicyclic) bond motifs is 3. The van der Waals surface area contributed by atoms with Gasteiger partial charge in [-0.25, -0.2) is 0 Å². The lowest BCUT2D eigenvalue weighted by molar-refractivity contribution is 0.0303. The maximum absolute atomic E-state index is 5.58. The van der Waals surface area contributed by atoms with Gasteiger partial charge in [0.2, 0.25) is 0 Å². The number of thiocarbonyl (C=S) groups is 1. The zero-order valence-corrected chi connectivity index (χ0v) is 21.3. The van der Waals surface area contributed by atoms with E-state index in [-0.39, 0.29) is 0 Å². The molecule has 3 aliphatic rings. The van der Waals surface area contributed by atoms with Gasteiger partial charge >= 0.3 is 0 Å². The van der Waals surface area contributed by atoms with E-state index in [0.717, 1.165) is 42.5 Å². The summed E-state index contributed by atoms with van der Waals surface area (Å²) in [5, 5.41) is 12.1.